The summed E-state index contributed by atoms with van der Waals surface area (Å²) < 4.78 is 0. The van der Waals surface area contributed by atoms with Gasteiger partial charge in [-0.15, -0.1) is 0 Å². The minimum Gasteiger partial charge on any atom is -0.365 e. The van der Waals surface area contributed by atoms with Gasteiger partial charge in [0, 0.05) is 17.7 Å². The Balaban J connectivity index is 1.93. The number of hydrogen-bond donors (Lipinski definition) is 0. The summed E-state index contributed by atoms with van der Waals surface area (Å²) in [4.78, 5) is 6.94. The highest BCUT2D eigenvalue weighted by atomic mass is 35.5. The second-order valence-electron chi connectivity index (χ2n) is 5.18. The molecule has 20 heavy (non-hydrogen) atoms. The smallest absolute Gasteiger partial charge is 0.102 e. The van der Waals surface area contributed by atoms with Gasteiger partial charge in [-0.2, -0.15) is 0 Å². The fourth-order valence-electron chi connectivity index (χ4n) is 3.16. The lowest BCUT2D eigenvalue weighted by atomic mass is 9.89. The Morgan fingerprint density at radius 3 is 2.85 bits per heavy atom. The van der Waals surface area contributed by atoms with Crippen LogP contribution in [0.1, 0.15) is 0 Å². The third-order valence-corrected chi connectivity index (χ3v) is 4.82. The predicted molar refractivity (Wildman–Crippen MR) is 83.7 cm³/mol. The van der Waals surface area contributed by atoms with E-state index in [1.807, 2.05) is 24.3 Å². The molecule has 2 atom stereocenters. The van der Waals surface area contributed by atoms with Gasteiger partial charge in [0.1, 0.15) is 5.70 Å². The van der Waals surface area contributed by atoms with Gasteiger partial charge in [-0.05, 0) is 12.2 Å². The van der Waals surface area contributed by atoms with Gasteiger partial charge < -0.3 is 4.90 Å². The van der Waals surface area contributed by atoms with E-state index in [-0.39, 0.29) is 12.0 Å². The molecule has 4 heteroatoms. The maximum atomic E-state index is 6.60. The summed E-state index contributed by atoms with van der Waals surface area (Å²) in [6, 6.07) is 0.0904. The van der Waals surface area contributed by atoms with Gasteiger partial charge >= 0.3 is 0 Å². The average molecular weight is 303 g/mol. The molecule has 0 N–H and O–H groups in total. The van der Waals surface area contributed by atoms with Crippen LogP contribution >= 0.6 is 23.2 Å². The quantitative estimate of drug-likeness (QED) is 0.663. The van der Waals surface area contributed by atoms with Crippen molar-refractivity contribution in [1.82, 2.24) is 4.90 Å². The van der Waals surface area contributed by atoms with Gasteiger partial charge in [0.15, 0.2) is 0 Å². The molecule has 2 aliphatic heterocycles. The molecule has 2 nitrogen and oxygen atoms in total. The number of hydrogen-bond acceptors (Lipinski definition) is 2. The molecule has 2 aliphatic carbocycles. The third-order valence-electron chi connectivity index (χ3n) is 4.11. The molecule has 0 amide bonds. The number of aliphatic imine (C=N–C) groups is 1. The summed E-state index contributed by atoms with van der Waals surface area (Å²) in [5.41, 5.74) is 4.02. The Morgan fingerprint density at radius 1 is 1.15 bits per heavy atom. The molecule has 0 spiro atoms. The normalized spacial score (nSPS) is 30.2. The topological polar surface area (TPSA) is 15.6 Å². The van der Waals surface area contributed by atoms with E-state index in [1.165, 1.54) is 0 Å². The maximum Gasteiger partial charge on any atom is 0.102 e. The maximum absolute atomic E-state index is 6.60. The molecule has 2 unspecified atom stereocenters. The number of rotatable bonds is 0. The van der Waals surface area contributed by atoms with Crippen LogP contribution in [0.3, 0.4) is 0 Å². The second kappa shape index (κ2) is 4.24. The van der Waals surface area contributed by atoms with E-state index in [4.69, 9.17) is 28.2 Å². The van der Waals surface area contributed by atoms with Crippen LogP contribution < -0.4 is 0 Å². The highest BCUT2D eigenvalue weighted by Crippen LogP contribution is 2.46. The van der Waals surface area contributed by atoms with Crippen molar-refractivity contribution < 1.29 is 0 Å². The summed E-state index contributed by atoms with van der Waals surface area (Å²) in [6.45, 7) is 0. The lowest BCUT2D eigenvalue weighted by Crippen LogP contribution is -2.38. The molecule has 0 fully saturated rings. The number of nitrogens with zero attached hydrogens (tertiary/aromatic N) is 2. The zero-order valence-electron chi connectivity index (χ0n) is 10.8. The van der Waals surface area contributed by atoms with Crippen LogP contribution in [-0.4, -0.2) is 23.7 Å². The number of allylic oxidation sites excluding steroid dienone is 7. The van der Waals surface area contributed by atoms with Crippen molar-refractivity contribution in [2.75, 3.05) is 7.05 Å². The summed E-state index contributed by atoms with van der Waals surface area (Å²) in [6.07, 6.45) is 14.3. The molecule has 0 saturated carbocycles. The SMILES string of the molecule is CN1C2=C(N=C3C=CC=CC32)C(Cl)=C2C(Cl)=CC=CC21. The summed E-state index contributed by atoms with van der Waals surface area (Å²) in [5, 5.41) is 1.37. The first-order valence-corrected chi connectivity index (χ1v) is 7.29. The zero-order chi connectivity index (χ0) is 13.9. The van der Waals surface area contributed by atoms with Crippen LogP contribution in [0.4, 0.5) is 0 Å². The number of fused-ring (bicyclic) bond motifs is 3. The molecule has 0 aromatic rings. The van der Waals surface area contributed by atoms with Crippen molar-refractivity contribution >= 4 is 28.9 Å². The van der Waals surface area contributed by atoms with Gasteiger partial charge in [0.05, 0.1) is 28.4 Å². The first kappa shape index (κ1) is 12.2. The molecular weight excluding hydrogens is 291 g/mol. The van der Waals surface area contributed by atoms with Crippen LogP contribution in [0, 0.1) is 5.92 Å². The monoisotopic (exact) mass is 302 g/mol. The summed E-state index contributed by atoms with van der Waals surface area (Å²) in [5.74, 6) is 0.202. The van der Waals surface area contributed by atoms with Crippen LogP contribution in [0.25, 0.3) is 0 Å². The van der Waals surface area contributed by atoms with Gasteiger partial charge in [-0.25, -0.2) is 4.99 Å². The molecule has 0 radical (unpaired) electrons. The highest BCUT2D eigenvalue weighted by molar-refractivity contribution is 6.37. The molecule has 4 rings (SSSR count). The van der Waals surface area contributed by atoms with E-state index in [2.05, 4.69) is 30.2 Å². The predicted octanol–water partition coefficient (Wildman–Crippen LogP) is 3.89. The molecule has 0 aromatic heterocycles. The molecule has 0 saturated heterocycles. The van der Waals surface area contributed by atoms with Gasteiger partial charge in [0.25, 0.3) is 0 Å². The zero-order valence-corrected chi connectivity index (χ0v) is 12.4. The summed E-state index contributed by atoms with van der Waals surface area (Å²) in [7, 11) is 2.08. The fourth-order valence-corrected chi connectivity index (χ4v) is 3.84. The minimum atomic E-state index is 0.0904. The Kier molecular flexibility index (Phi) is 2.60. The largest absolute Gasteiger partial charge is 0.365 e. The van der Waals surface area contributed by atoms with Crippen LogP contribution in [0.15, 0.2) is 74.6 Å². The molecule has 0 aromatic carbocycles. The van der Waals surface area contributed by atoms with E-state index < -0.39 is 0 Å². The number of likely N-dealkylation sites (N-methyl/N-ethyl adjacent to an activating group) is 1. The Bertz CT molecular complexity index is 717. The molecule has 2 heterocycles. The van der Waals surface area contributed by atoms with E-state index >= 15 is 0 Å². The summed E-state index contributed by atoms with van der Waals surface area (Å²) >= 11 is 12.9. The van der Waals surface area contributed by atoms with E-state index in [9.17, 15) is 0 Å². The molecule has 4 aliphatic rings. The van der Waals surface area contributed by atoms with Crippen molar-refractivity contribution in [3.05, 3.63) is 69.6 Å². The molecule has 0 bridgehead atoms. The van der Waals surface area contributed by atoms with E-state index in [0.29, 0.717) is 10.1 Å². The van der Waals surface area contributed by atoms with Gasteiger partial charge in [-0.3, -0.25) is 0 Å². The Hall–Kier alpha value is -1.51. The Morgan fingerprint density at radius 2 is 2.00 bits per heavy atom. The van der Waals surface area contributed by atoms with Gasteiger partial charge in [-0.1, -0.05) is 53.6 Å². The second-order valence-corrected chi connectivity index (χ2v) is 5.96. The van der Waals surface area contributed by atoms with Gasteiger partial charge in [0.2, 0.25) is 0 Å². The van der Waals surface area contributed by atoms with E-state index in [0.717, 1.165) is 22.7 Å². The van der Waals surface area contributed by atoms with Crippen LogP contribution in [0.5, 0.6) is 0 Å². The van der Waals surface area contributed by atoms with Crippen molar-refractivity contribution in [3.8, 4) is 0 Å². The minimum absolute atomic E-state index is 0.0904. The van der Waals surface area contributed by atoms with E-state index in [1.54, 1.807) is 0 Å². The number of halogens is 2. The lowest BCUT2D eigenvalue weighted by Gasteiger charge is -2.38. The third kappa shape index (κ3) is 1.49. The fraction of sp³-hybridized carbons (Fsp3) is 0.188. The first-order valence-electron chi connectivity index (χ1n) is 6.53. The van der Waals surface area contributed by atoms with Crippen molar-refractivity contribution in [2.24, 2.45) is 10.9 Å². The van der Waals surface area contributed by atoms with Crippen LogP contribution in [0.2, 0.25) is 0 Å². The van der Waals surface area contributed by atoms with Crippen LogP contribution in [-0.2, 0) is 0 Å². The molecule has 100 valence electrons. The molecular formula is C16H12Cl2N2. The van der Waals surface area contributed by atoms with Crippen molar-refractivity contribution in [3.63, 3.8) is 0 Å². The first-order chi connectivity index (χ1) is 9.68. The van der Waals surface area contributed by atoms with Crippen molar-refractivity contribution in [1.29, 1.82) is 0 Å². The standard InChI is InChI=1S/C16H12Cl2N2/c1-20-12-8-4-6-10(17)13(12)14(18)15-16(20)9-5-2-3-7-11(9)19-15/h2-9,12H,1H3. The highest BCUT2D eigenvalue weighted by Gasteiger charge is 2.40. The lowest BCUT2D eigenvalue weighted by molar-refractivity contribution is 0.363. The average Bonchev–Trinajstić information content (AvgIpc) is 2.84. The van der Waals surface area contributed by atoms with Crippen molar-refractivity contribution in [2.45, 2.75) is 6.04 Å². The Labute approximate surface area is 127 Å².